The molecule has 0 aliphatic carbocycles. The van der Waals surface area contributed by atoms with Gasteiger partial charge in [-0.25, -0.2) is 9.78 Å². The highest BCUT2D eigenvalue weighted by Gasteiger charge is 2.21. The topological polar surface area (TPSA) is 77.6 Å². The Morgan fingerprint density at radius 1 is 1.25 bits per heavy atom. The van der Waals surface area contributed by atoms with E-state index in [4.69, 9.17) is 0 Å². The van der Waals surface area contributed by atoms with Crippen molar-refractivity contribution >= 4 is 23.4 Å². The number of carbonyl (C=O) groups is 2. The number of nitrogens with one attached hydrogen (secondary N) is 2. The molecule has 1 fully saturated rings. The maximum absolute atomic E-state index is 12.2. The Kier molecular flexibility index (Phi) is 6.13. The summed E-state index contributed by atoms with van der Waals surface area (Å²) in [5, 5.41) is 5.82. The summed E-state index contributed by atoms with van der Waals surface area (Å²) >= 11 is 0. The van der Waals surface area contributed by atoms with Gasteiger partial charge in [0, 0.05) is 45.5 Å². The minimum Gasteiger partial charge on any atom is -0.363 e. The fourth-order valence-corrected chi connectivity index (χ4v) is 3.19. The van der Waals surface area contributed by atoms with Crippen LogP contribution in [-0.4, -0.2) is 37.6 Å². The zero-order valence-corrected chi connectivity index (χ0v) is 16.6. The number of urea groups is 1. The highest BCUT2D eigenvalue weighted by Crippen LogP contribution is 2.23. The van der Waals surface area contributed by atoms with E-state index in [0.717, 1.165) is 35.6 Å². The number of pyridine rings is 1. The Morgan fingerprint density at radius 3 is 2.64 bits per heavy atom. The van der Waals surface area contributed by atoms with E-state index < -0.39 is 0 Å². The van der Waals surface area contributed by atoms with Gasteiger partial charge in [0.05, 0.1) is 6.04 Å². The molecular weight excluding hydrogens is 354 g/mol. The molecule has 28 heavy (non-hydrogen) atoms. The molecule has 3 rings (SSSR count). The summed E-state index contributed by atoms with van der Waals surface area (Å²) in [5.41, 5.74) is 2.89. The predicted octanol–water partition coefficient (Wildman–Crippen LogP) is 2.83. The number of amides is 3. The number of anilines is 2. The third-order valence-electron chi connectivity index (χ3n) is 4.85. The van der Waals surface area contributed by atoms with Crippen LogP contribution in [0.5, 0.6) is 0 Å². The third-order valence-corrected chi connectivity index (χ3v) is 4.85. The van der Waals surface area contributed by atoms with Gasteiger partial charge in [-0.3, -0.25) is 4.79 Å². The van der Waals surface area contributed by atoms with Crippen LogP contribution in [0.25, 0.3) is 0 Å². The van der Waals surface area contributed by atoms with Gasteiger partial charge in [-0.15, -0.1) is 0 Å². The van der Waals surface area contributed by atoms with Crippen LogP contribution in [0, 0.1) is 0 Å². The first-order valence-corrected chi connectivity index (χ1v) is 9.51. The molecule has 1 aromatic heterocycles. The quantitative estimate of drug-likeness (QED) is 0.807. The molecule has 2 aromatic rings. The van der Waals surface area contributed by atoms with E-state index in [9.17, 15) is 9.59 Å². The van der Waals surface area contributed by atoms with Crippen LogP contribution in [0.1, 0.15) is 36.9 Å². The zero-order valence-electron chi connectivity index (χ0n) is 16.6. The second kappa shape index (κ2) is 8.73. The number of nitrogens with zero attached hydrogens (tertiary/aromatic N) is 3. The molecule has 7 heteroatoms. The predicted molar refractivity (Wildman–Crippen MR) is 110 cm³/mol. The lowest BCUT2D eigenvalue weighted by atomic mass is 10.1. The zero-order chi connectivity index (χ0) is 20.1. The van der Waals surface area contributed by atoms with Gasteiger partial charge < -0.3 is 20.4 Å². The Balaban J connectivity index is 1.52. The first-order chi connectivity index (χ1) is 13.4. The molecule has 7 nitrogen and oxygen atoms in total. The average molecular weight is 381 g/mol. The second-order valence-corrected chi connectivity index (χ2v) is 7.21. The fourth-order valence-electron chi connectivity index (χ4n) is 3.19. The first-order valence-electron chi connectivity index (χ1n) is 9.51. The number of carbonyl (C=O) groups excluding carboxylic acids is 2. The van der Waals surface area contributed by atoms with Gasteiger partial charge in [-0.1, -0.05) is 12.1 Å². The van der Waals surface area contributed by atoms with E-state index in [1.807, 2.05) is 67.2 Å². The molecule has 2 heterocycles. The second-order valence-electron chi connectivity index (χ2n) is 7.21. The number of hydrogen-bond donors (Lipinski definition) is 2. The summed E-state index contributed by atoms with van der Waals surface area (Å²) in [5.74, 6) is 1.02. The van der Waals surface area contributed by atoms with E-state index >= 15 is 0 Å². The van der Waals surface area contributed by atoms with Crippen molar-refractivity contribution < 1.29 is 9.59 Å². The summed E-state index contributed by atoms with van der Waals surface area (Å²) in [6, 6.07) is 11.3. The Hall–Kier alpha value is -3.09. The summed E-state index contributed by atoms with van der Waals surface area (Å²) in [7, 11) is 3.86. The summed E-state index contributed by atoms with van der Waals surface area (Å²) in [4.78, 5) is 32.1. The Labute approximate surface area is 165 Å². The van der Waals surface area contributed by atoms with Gasteiger partial charge in [-0.2, -0.15) is 0 Å². The lowest BCUT2D eigenvalue weighted by molar-refractivity contribution is -0.117. The molecule has 0 radical (unpaired) electrons. The number of hydrogen-bond acceptors (Lipinski definition) is 4. The van der Waals surface area contributed by atoms with E-state index in [0.29, 0.717) is 13.0 Å². The molecule has 0 saturated carbocycles. The van der Waals surface area contributed by atoms with Crippen LogP contribution in [0.3, 0.4) is 0 Å². The molecule has 0 spiro atoms. The van der Waals surface area contributed by atoms with Gasteiger partial charge in [0.15, 0.2) is 0 Å². The van der Waals surface area contributed by atoms with Gasteiger partial charge >= 0.3 is 6.03 Å². The third kappa shape index (κ3) is 4.79. The molecule has 3 amide bonds. The molecule has 1 saturated heterocycles. The van der Waals surface area contributed by atoms with E-state index in [1.165, 1.54) is 0 Å². The van der Waals surface area contributed by atoms with Gasteiger partial charge in [0.25, 0.3) is 0 Å². The van der Waals surface area contributed by atoms with Crippen LogP contribution >= 0.6 is 0 Å². The fraction of sp³-hybridized carbons (Fsp3) is 0.381. The van der Waals surface area contributed by atoms with Crippen molar-refractivity contribution in [2.75, 3.05) is 30.4 Å². The molecule has 1 aromatic carbocycles. The van der Waals surface area contributed by atoms with Crippen molar-refractivity contribution in [3.8, 4) is 0 Å². The first kappa shape index (κ1) is 19.7. The molecular formula is C21H27N5O2. The summed E-state index contributed by atoms with van der Waals surface area (Å²) < 4.78 is 0. The highest BCUT2D eigenvalue weighted by molar-refractivity contribution is 5.95. The minimum atomic E-state index is -0.227. The SMILES string of the molecule is CC(NC(=O)NCc1ccnc(N(C)C)c1)c1ccc(N2CCCC2=O)cc1. The summed E-state index contributed by atoms with van der Waals surface area (Å²) in [6.07, 6.45) is 3.26. The van der Waals surface area contributed by atoms with Crippen molar-refractivity contribution in [3.05, 3.63) is 53.7 Å². The highest BCUT2D eigenvalue weighted by atomic mass is 16.2. The molecule has 1 aliphatic rings. The van der Waals surface area contributed by atoms with E-state index in [2.05, 4.69) is 15.6 Å². The van der Waals surface area contributed by atoms with Crippen LogP contribution in [-0.2, 0) is 11.3 Å². The van der Waals surface area contributed by atoms with Crippen LogP contribution in [0.4, 0.5) is 16.3 Å². The van der Waals surface area contributed by atoms with Gasteiger partial charge in [0.1, 0.15) is 5.82 Å². The molecule has 148 valence electrons. The van der Waals surface area contributed by atoms with Gasteiger partial charge in [-0.05, 0) is 48.7 Å². The maximum atomic E-state index is 12.2. The summed E-state index contributed by atoms with van der Waals surface area (Å²) in [6.45, 7) is 3.14. The normalized spacial score (nSPS) is 14.7. The van der Waals surface area contributed by atoms with Crippen molar-refractivity contribution in [1.82, 2.24) is 15.6 Å². The lowest BCUT2D eigenvalue weighted by Gasteiger charge is -2.19. The molecule has 1 unspecified atom stereocenters. The van der Waals surface area contributed by atoms with Crippen molar-refractivity contribution in [2.45, 2.75) is 32.4 Å². The van der Waals surface area contributed by atoms with Crippen LogP contribution < -0.4 is 20.4 Å². The smallest absolute Gasteiger partial charge is 0.315 e. The number of benzene rings is 1. The molecule has 1 atom stereocenters. The van der Waals surface area contributed by atoms with E-state index in [-0.39, 0.29) is 18.0 Å². The minimum absolute atomic E-state index is 0.141. The largest absolute Gasteiger partial charge is 0.363 e. The lowest BCUT2D eigenvalue weighted by Crippen LogP contribution is -2.36. The molecule has 2 N–H and O–H groups in total. The van der Waals surface area contributed by atoms with Crippen molar-refractivity contribution in [1.29, 1.82) is 0 Å². The Morgan fingerprint density at radius 2 is 2.00 bits per heavy atom. The van der Waals surface area contributed by atoms with Crippen molar-refractivity contribution in [2.24, 2.45) is 0 Å². The molecule has 0 bridgehead atoms. The standard InChI is InChI=1S/C21H27N5O2/c1-15(17-6-8-18(9-7-17)26-12-4-5-20(26)27)24-21(28)23-14-16-10-11-22-19(13-16)25(2)3/h6-11,13,15H,4-5,12,14H2,1-3H3,(H2,23,24,28). The van der Waals surface area contributed by atoms with Crippen LogP contribution in [0.2, 0.25) is 0 Å². The van der Waals surface area contributed by atoms with Gasteiger partial charge in [0.2, 0.25) is 5.91 Å². The number of rotatable bonds is 6. The van der Waals surface area contributed by atoms with E-state index in [1.54, 1.807) is 6.20 Å². The average Bonchev–Trinajstić information content (AvgIpc) is 3.12. The Bertz CT molecular complexity index is 835. The molecule has 1 aliphatic heterocycles. The van der Waals surface area contributed by atoms with Crippen molar-refractivity contribution in [3.63, 3.8) is 0 Å². The maximum Gasteiger partial charge on any atom is 0.315 e. The van der Waals surface area contributed by atoms with Crippen LogP contribution in [0.15, 0.2) is 42.6 Å². The number of aromatic nitrogens is 1. The monoisotopic (exact) mass is 381 g/mol.